The summed E-state index contributed by atoms with van der Waals surface area (Å²) >= 11 is 1.43. The maximum atomic E-state index is 12.6. The van der Waals surface area contributed by atoms with Crippen LogP contribution in [0.15, 0.2) is 60.7 Å². The van der Waals surface area contributed by atoms with Gasteiger partial charge in [-0.25, -0.2) is 0 Å². The highest BCUT2D eigenvalue weighted by Gasteiger charge is 2.16. The molecule has 4 heteroatoms. The van der Waals surface area contributed by atoms with Crippen molar-refractivity contribution in [3.63, 3.8) is 0 Å². The van der Waals surface area contributed by atoms with Crippen LogP contribution in [0.1, 0.15) is 15.9 Å². The summed E-state index contributed by atoms with van der Waals surface area (Å²) < 4.78 is 5.11. The number of ketones is 1. The molecule has 3 aromatic rings. The van der Waals surface area contributed by atoms with Gasteiger partial charge in [0.05, 0.1) is 17.7 Å². The molecule has 3 nitrogen and oxygen atoms in total. The van der Waals surface area contributed by atoms with E-state index in [1.54, 1.807) is 31.4 Å². The Kier molecular flexibility index (Phi) is 3.94. The number of thiophene rings is 1. The van der Waals surface area contributed by atoms with Crippen LogP contribution in [0.3, 0.4) is 0 Å². The number of rotatable bonds is 4. The third-order valence-corrected chi connectivity index (χ3v) is 4.43. The third-order valence-electron chi connectivity index (χ3n) is 3.42. The van der Waals surface area contributed by atoms with Crippen molar-refractivity contribution in [3.05, 3.63) is 71.8 Å². The topological polar surface area (TPSA) is 52.3 Å². The Morgan fingerprint density at radius 3 is 2.36 bits per heavy atom. The standard InChI is InChI=1S/C18H15NO2S/c1-21-14-9-7-13(8-10-14)17(20)15-11-16(22-18(15)19)12-5-3-2-4-6-12/h2-11H,19H2,1H3. The molecule has 0 bridgehead atoms. The van der Waals surface area contributed by atoms with Crippen molar-refractivity contribution < 1.29 is 9.53 Å². The van der Waals surface area contributed by atoms with Crippen LogP contribution in [0.4, 0.5) is 5.00 Å². The highest BCUT2D eigenvalue weighted by molar-refractivity contribution is 7.19. The number of carbonyl (C=O) groups is 1. The Balaban J connectivity index is 1.94. The van der Waals surface area contributed by atoms with Crippen molar-refractivity contribution in [1.82, 2.24) is 0 Å². The molecule has 0 atom stereocenters. The fourth-order valence-corrected chi connectivity index (χ4v) is 3.15. The Morgan fingerprint density at radius 1 is 1.05 bits per heavy atom. The normalized spacial score (nSPS) is 10.4. The lowest BCUT2D eigenvalue weighted by molar-refractivity contribution is 0.104. The van der Waals surface area contributed by atoms with Gasteiger partial charge >= 0.3 is 0 Å². The van der Waals surface area contributed by atoms with Gasteiger partial charge in [0.1, 0.15) is 5.75 Å². The molecule has 0 saturated heterocycles. The van der Waals surface area contributed by atoms with Crippen LogP contribution in [-0.2, 0) is 0 Å². The van der Waals surface area contributed by atoms with Gasteiger partial charge in [-0.05, 0) is 35.9 Å². The molecule has 1 heterocycles. The zero-order chi connectivity index (χ0) is 15.5. The van der Waals surface area contributed by atoms with Crippen molar-refractivity contribution in [3.8, 4) is 16.2 Å². The lowest BCUT2D eigenvalue weighted by Gasteiger charge is -2.02. The van der Waals surface area contributed by atoms with Crippen molar-refractivity contribution in [2.24, 2.45) is 0 Å². The van der Waals surface area contributed by atoms with Gasteiger partial charge in [-0.15, -0.1) is 11.3 Å². The molecular formula is C18H15NO2S. The number of methoxy groups -OCH3 is 1. The van der Waals surface area contributed by atoms with E-state index in [1.165, 1.54) is 11.3 Å². The molecule has 1 aromatic heterocycles. The van der Waals surface area contributed by atoms with E-state index in [4.69, 9.17) is 10.5 Å². The number of hydrogen-bond donors (Lipinski definition) is 1. The first kappa shape index (κ1) is 14.4. The summed E-state index contributed by atoms with van der Waals surface area (Å²) in [7, 11) is 1.60. The van der Waals surface area contributed by atoms with E-state index in [1.807, 2.05) is 36.4 Å². The largest absolute Gasteiger partial charge is 0.497 e. The number of carbonyl (C=O) groups excluding carboxylic acids is 1. The molecule has 0 saturated carbocycles. The third kappa shape index (κ3) is 2.73. The number of nitrogens with two attached hydrogens (primary N) is 1. The first-order valence-corrected chi connectivity index (χ1v) is 7.64. The first-order valence-electron chi connectivity index (χ1n) is 6.82. The minimum atomic E-state index is -0.0708. The van der Waals surface area contributed by atoms with Gasteiger partial charge < -0.3 is 10.5 Å². The summed E-state index contributed by atoms with van der Waals surface area (Å²) in [5.41, 5.74) is 8.26. The molecule has 0 fully saturated rings. The Labute approximate surface area is 133 Å². The summed E-state index contributed by atoms with van der Waals surface area (Å²) in [5, 5.41) is 0.541. The van der Waals surface area contributed by atoms with E-state index < -0.39 is 0 Å². The number of hydrogen-bond acceptors (Lipinski definition) is 4. The quantitative estimate of drug-likeness (QED) is 0.733. The molecule has 0 aliphatic heterocycles. The van der Waals surface area contributed by atoms with Crippen LogP contribution in [0.25, 0.3) is 10.4 Å². The zero-order valence-electron chi connectivity index (χ0n) is 12.1. The van der Waals surface area contributed by atoms with E-state index in [9.17, 15) is 4.79 Å². The summed E-state index contributed by atoms with van der Waals surface area (Å²) in [5.74, 6) is 0.651. The Morgan fingerprint density at radius 2 is 1.73 bits per heavy atom. The second kappa shape index (κ2) is 6.03. The van der Waals surface area contributed by atoms with E-state index >= 15 is 0 Å². The van der Waals surface area contributed by atoms with Crippen molar-refractivity contribution in [1.29, 1.82) is 0 Å². The second-order valence-electron chi connectivity index (χ2n) is 4.81. The summed E-state index contributed by atoms with van der Waals surface area (Å²) in [6.45, 7) is 0. The maximum Gasteiger partial charge on any atom is 0.196 e. The van der Waals surface area contributed by atoms with E-state index in [0.717, 1.165) is 16.2 Å². The van der Waals surface area contributed by atoms with Crippen LogP contribution in [0, 0.1) is 0 Å². The SMILES string of the molecule is COc1ccc(C(=O)c2cc(-c3ccccc3)sc2N)cc1. The summed E-state index contributed by atoms with van der Waals surface area (Å²) in [6.07, 6.45) is 0. The molecular weight excluding hydrogens is 294 g/mol. The van der Waals surface area contributed by atoms with Crippen molar-refractivity contribution in [2.45, 2.75) is 0 Å². The number of nitrogen functional groups attached to an aromatic ring is 1. The molecule has 110 valence electrons. The van der Waals surface area contributed by atoms with Gasteiger partial charge in [0.25, 0.3) is 0 Å². The number of ether oxygens (including phenoxy) is 1. The fourth-order valence-electron chi connectivity index (χ4n) is 2.23. The first-order chi connectivity index (χ1) is 10.7. The van der Waals surface area contributed by atoms with Crippen LogP contribution < -0.4 is 10.5 Å². The maximum absolute atomic E-state index is 12.6. The Bertz CT molecular complexity index is 792. The minimum Gasteiger partial charge on any atom is -0.497 e. The molecule has 0 unspecified atom stereocenters. The van der Waals surface area contributed by atoms with Gasteiger partial charge in [-0.2, -0.15) is 0 Å². The van der Waals surface area contributed by atoms with Crippen LogP contribution in [0.5, 0.6) is 5.75 Å². The molecule has 0 aliphatic rings. The molecule has 0 amide bonds. The van der Waals surface area contributed by atoms with E-state index in [2.05, 4.69) is 0 Å². The number of anilines is 1. The zero-order valence-corrected chi connectivity index (χ0v) is 12.9. The van der Waals surface area contributed by atoms with Crippen LogP contribution in [-0.4, -0.2) is 12.9 Å². The lowest BCUT2D eigenvalue weighted by Crippen LogP contribution is -2.02. The monoisotopic (exact) mass is 309 g/mol. The molecule has 0 radical (unpaired) electrons. The minimum absolute atomic E-state index is 0.0708. The number of benzene rings is 2. The summed E-state index contributed by atoms with van der Waals surface area (Å²) in [6, 6.07) is 18.8. The smallest absolute Gasteiger partial charge is 0.196 e. The predicted octanol–water partition coefficient (Wildman–Crippen LogP) is 4.24. The van der Waals surface area contributed by atoms with Crippen molar-refractivity contribution in [2.75, 3.05) is 12.8 Å². The van der Waals surface area contributed by atoms with Gasteiger partial charge in [0.15, 0.2) is 5.78 Å². The van der Waals surface area contributed by atoms with Gasteiger partial charge in [0, 0.05) is 10.4 Å². The molecule has 2 N–H and O–H groups in total. The van der Waals surface area contributed by atoms with Crippen LogP contribution in [0.2, 0.25) is 0 Å². The molecule has 0 aliphatic carbocycles. The van der Waals surface area contributed by atoms with Gasteiger partial charge in [-0.3, -0.25) is 4.79 Å². The molecule has 0 spiro atoms. The van der Waals surface area contributed by atoms with Gasteiger partial charge in [-0.1, -0.05) is 30.3 Å². The highest BCUT2D eigenvalue weighted by atomic mass is 32.1. The average molecular weight is 309 g/mol. The average Bonchev–Trinajstić information content (AvgIpc) is 2.97. The predicted molar refractivity (Wildman–Crippen MR) is 90.6 cm³/mol. The van der Waals surface area contributed by atoms with Crippen LogP contribution >= 0.6 is 11.3 Å². The summed E-state index contributed by atoms with van der Waals surface area (Å²) in [4.78, 5) is 13.6. The fraction of sp³-hybridized carbons (Fsp3) is 0.0556. The molecule has 3 rings (SSSR count). The van der Waals surface area contributed by atoms with E-state index in [0.29, 0.717) is 16.1 Å². The molecule has 22 heavy (non-hydrogen) atoms. The lowest BCUT2D eigenvalue weighted by atomic mass is 10.0. The second-order valence-corrected chi connectivity index (χ2v) is 5.90. The van der Waals surface area contributed by atoms with Crippen molar-refractivity contribution >= 4 is 22.1 Å². The van der Waals surface area contributed by atoms with E-state index in [-0.39, 0.29) is 5.78 Å². The Hall–Kier alpha value is -2.59. The van der Waals surface area contributed by atoms with Gasteiger partial charge in [0.2, 0.25) is 0 Å². The highest BCUT2D eigenvalue weighted by Crippen LogP contribution is 2.34. The molecule has 2 aromatic carbocycles.